The zero-order valence-corrected chi connectivity index (χ0v) is 15.7. The highest BCUT2D eigenvalue weighted by molar-refractivity contribution is 5.78. The zero-order chi connectivity index (χ0) is 18.0. The lowest BCUT2D eigenvalue weighted by molar-refractivity contribution is -0.144. The van der Waals surface area contributed by atoms with Crippen molar-refractivity contribution in [2.75, 3.05) is 19.6 Å². The number of amides is 2. The summed E-state index contributed by atoms with van der Waals surface area (Å²) in [6.45, 7) is 6.70. The number of hydrogen-bond donors (Lipinski definition) is 0. The summed E-state index contributed by atoms with van der Waals surface area (Å²) in [5.74, 6) is 0.530. The molecule has 0 radical (unpaired) electrons. The van der Waals surface area contributed by atoms with E-state index in [9.17, 15) is 9.59 Å². The van der Waals surface area contributed by atoms with Gasteiger partial charge < -0.3 is 9.80 Å². The van der Waals surface area contributed by atoms with Crippen molar-refractivity contribution >= 4 is 11.8 Å². The average Bonchev–Trinajstić information content (AvgIpc) is 3.01. The molecule has 0 N–H and O–H groups in total. The van der Waals surface area contributed by atoms with Crippen molar-refractivity contribution in [2.24, 2.45) is 12.5 Å². The number of carbonyl (C=O) groups excluding carboxylic acids is 2. The van der Waals surface area contributed by atoms with Crippen molar-refractivity contribution in [3.8, 4) is 0 Å². The Bertz CT molecular complexity index is 629. The van der Waals surface area contributed by atoms with Crippen LogP contribution in [-0.4, -0.2) is 57.1 Å². The van der Waals surface area contributed by atoms with Gasteiger partial charge in [0.25, 0.3) is 0 Å². The van der Waals surface area contributed by atoms with Crippen molar-refractivity contribution in [1.29, 1.82) is 0 Å². The van der Waals surface area contributed by atoms with E-state index in [4.69, 9.17) is 0 Å². The minimum atomic E-state index is 0.221. The Kier molecular flexibility index (Phi) is 5.16. The number of likely N-dealkylation sites (tertiary alicyclic amines) is 2. The number of hydrogen-bond acceptors (Lipinski definition) is 3. The van der Waals surface area contributed by atoms with Crippen LogP contribution >= 0.6 is 0 Å². The zero-order valence-electron chi connectivity index (χ0n) is 15.7. The molecule has 0 bridgehead atoms. The summed E-state index contributed by atoms with van der Waals surface area (Å²) in [5.41, 5.74) is 1.33. The third-order valence-electron chi connectivity index (χ3n) is 5.88. The van der Waals surface area contributed by atoms with Crippen molar-refractivity contribution in [1.82, 2.24) is 19.6 Å². The predicted octanol–water partition coefficient (Wildman–Crippen LogP) is 1.99. The van der Waals surface area contributed by atoms with Crippen LogP contribution in [0.25, 0.3) is 0 Å². The highest BCUT2D eigenvalue weighted by Gasteiger charge is 2.42. The second kappa shape index (κ2) is 7.18. The smallest absolute Gasteiger partial charge is 0.222 e. The molecule has 3 rings (SSSR count). The molecule has 0 aliphatic carbocycles. The van der Waals surface area contributed by atoms with Crippen molar-refractivity contribution in [3.05, 3.63) is 18.0 Å². The molecule has 0 unspecified atom stereocenters. The van der Waals surface area contributed by atoms with Gasteiger partial charge in [0.1, 0.15) is 0 Å². The van der Waals surface area contributed by atoms with Gasteiger partial charge in [-0.3, -0.25) is 14.3 Å². The van der Waals surface area contributed by atoms with Crippen LogP contribution in [0.1, 0.15) is 51.5 Å². The van der Waals surface area contributed by atoms with Gasteiger partial charge in [0.15, 0.2) is 0 Å². The summed E-state index contributed by atoms with van der Waals surface area (Å²) in [6.07, 6.45) is 8.78. The highest BCUT2D eigenvalue weighted by Crippen LogP contribution is 2.40. The molecule has 2 fully saturated rings. The monoisotopic (exact) mass is 346 g/mol. The lowest BCUT2D eigenvalue weighted by Gasteiger charge is -2.48. The van der Waals surface area contributed by atoms with Gasteiger partial charge in [-0.25, -0.2) is 0 Å². The van der Waals surface area contributed by atoms with E-state index >= 15 is 0 Å². The van der Waals surface area contributed by atoms with E-state index < -0.39 is 0 Å². The Morgan fingerprint density at radius 3 is 2.60 bits per heavy atom. The second-order valence-corrected chi connectivity index (χ2v) is 8.02. The first-order valence-electron chi connectivity index (χ1n) is 9.43. The van der Waals surface area contributed by atoms with E-state index in [-0.39, 0.29) is 23.3 Å². The van der Waals surface area contributed by atoms with Crippen LogP contribution in [0.4, 0.5) is 0 Å². The fraction of sp³-hybridized carbons (Fsp3) is 0.737. The molecule has 25 heavy (non-hydrogen) atoms. The molecule has 2 saturated heterocycles. The highest BCUT2D eigenvalue weighted by atomic mass is 16.2. The molecule has 1 aromatic heterocycles. The van der Waals surface area contributed by atoms with Gasteiger partial charge in [-0.2, -0.15) is 5.10 Å². The fourth-order valence-corrected chi connectivity index (χ4v) is 4.16. The summed E-state index contributed by atoms with van der Waals surface area (Å²) >= 11 is 0. The van der Waals surface area contributed by atoms with E-state index in [0.717, 1.165) is 50.9 Å². The molecule has 2 aliphatic heterocycles. The molecule has 6 heteroatoms. The quantitative estimate of drug-likeness (QED) is 0.838. The van der Waals surface area contributed by atoms with Crippen LogP contribution in [-0.2, 0) is 23.1 Å². The number of aromatic nitrogens is 2. The number of aryl methyl sites for hydroxylation is 2. The maximum atomic E-state index is 12.5. The minimum Gasteiger partial charge on any atom is -0.343 e. The molecule has 6 nitrogen and oxygen atoms in total. The second-order valence-electron chi connectivity index (χ2n) is 8.02. The lowest BCUT2D eigenvalue weighted by Crippen LogP contribution is -2.54. The molecule has 2 amide bonds. The molecule has 1 spiro atoms. The number of nitrogens with zero attached hydrogens (tertiary/aromatic N) is 4. The first kappa shape index (κ1) is 18.0. The van der Waals surface area contributed by atoms with Gasteiger partial charge >= 0.3 is 0 Å². The summed E-state index contributed by atoms with van der Waals surface area (Å²) in [6, 6.07) is 0.267. The maximum Gasteiger partial charge on any atom is 0.222 e. The van der Waals surface area contributed by atoms with Gasteiger partial charge in [0.2, 0.25) is 11.8 Å². The average molecular weight is 346 g/mol. The van der Waals surface area contributed by atoms with Crippen LogP contribution < -0.4 is 0 Å². The fourth-order valence-electron chi connectivity index (χ4n) is 4.16. The predicted molar refractivity (Wildman–Crippen MR) is 95.9 cm³/mol. The lowest BCUT2D eigenvalue weighted by atomic mass is 9.72. The van der Waals surface area contributed by atoms with Gasteiger partial charge in [-0.05, 0) is 50.5 Å². The maximum absolute atomic E-state index is 12.5. The molecule has 138 valence electrons. The normalized spacial score (nSPS) is 20.6. The standard InChI is InChI=1S/C19H30N4O2/c1-15(2)23-14-19(7-6-18(23)25)8-10-22(11-9-19)17(24)5-4-16-12-20-21(3)13-16/h12-13,15H,4-11,14H2,1-3H3. The molecule has 0 aromatic carbocycles. The van der Waals surface area contributed by atoms with Crippen LogP contribution in [0.15, 0.2) is 12.4 Å². The van der Waals surface area contributed by atoms with Gasteiger partial charge in [-0.15, -0.1) is 0 Å². The molecular weight excluding hydrogens is 316 g/mol. The van der Waals surface area contributed by atoms with Crippen molar-refractivity contribution in [2.45, 2.75) is 58.4 Å². The summed E-state index contributed by atoms with van der Waals surface area (Å²) in [5, 5.41) is 4.15. The van der Waals surface area contributed by atoms with Crippen LogP contribution in [0.2, 0.25) is 0 Å². The van der Waals surface area contributed by atoms with Gasteiger partial charge in [-0.1, -0.05) is 0 Å². The minimum absolute atomic E-state index is 0.221. The third kappa shape index (κ3) is 4.05. The molecule has 0 saturated carbocycles. The first-order valence-corrected chi connectivity index (χ1v) is 9.43. The Morgan fingerprint density at radius 2 is 2.00 bits per heavy atom. The first-order chi connectivity index (χ1) is 11.9. The molecular formula is C19H30N4O2. The van der Waals surface area contributed by atoms with E-state index in [1.54, 1.807) is 4.68 Å². The third-order valence-corrected chi connectivity index (χ3v) is 5.88. The Morgan fingerprint density at radius 1 is 1.28 bits per heavy atom. The van der Waals surface area contributed by atoms with Gasteiger partial charge in [0, 0.05) is 51.8 Å². The molecule has 2 aliphatic rings. The summed E-state index contributed by atoms with van der Waals surface area (Å²) in [4.78, 5) is 28.7. The largest absolute Gasteiger partial charge is 0.343 e. The number of piperidine rings is 2. The Hall–Kier alpha value is -1.85. The van der Waals surface area contributed by atoms with Crippen LogP contribution in [0.3, 0.4) is 0 Å². The van der Waals surface area contributed by atoms with E-state index in [1.807, 2.05) is 29.2 Å². The summed E-state index contributed by atoms with van der Waals surface area (Å²) < 4.78 is 1.77. The van der Waals surface area contributed by atoms with E-state index in [0.29, 0.717) is 12.8 Å². The molecule has 1 aromatic rings. The Balaban J connectivity index is 1.51. The van der Waals surface area contributed by atoms with Crippen LogP contribution in [0, 0.1) is 5.41 Å². The molecule has 3 heterocycles. The SMILES string of the molecule is CC(C)N1CC2(CCC1=O)CCN(C(=O)CCc1cnn(C)c1)CC2. The van der Waals surface area contributed by atoms with Crippen molar-refractivity contribution < 1.29 is 9.59 Å². The van der Waals surface area contributed by atoms with E-state index in [2.05, 4.69) is 18.9 Å². The number of carbonyl (C=O) groups is 2. The number of rotatable bonds is 4. The van der Waals surface area contributed by atoms with Crippen LogP contribution in [0.5, 0.6) is 0 Å². The van der Waals surface area contributed by atoms with E-state index in [1.165, 1.54) is 0 Å². The molecule has 0 atom stereocenters. The summed E-state index contributed by atoms with van der Waals surface area (Å²) in [7, 11) is 1.89. The van der Waals surface area contributed by atoms with Crippen molar-refractivity contribution in [3.63, 3.8) is 0 Å². The topological polar surface area (TPSA) is 58.4 Å². The van der Waals surface area contributed by atoms with Gasteiger partial charge in [0.05, 0.1) is 6.20 Å². The Labute approximate surface area is 150 Å².